The van der Waals surface area contributed by atoms with E-state index in [-0.39, 0.29) is 22.9 Å². The smallest absolute Gasteiger partial charge is 0.326 e. The van der Waals surface area contributed by atoms with Crippen LogP contribution in [0.15, 0.2) is 0 Å². The predicted molar refractivity (Wildman–Crippen MR) is 78.9 cm³/mol. The fourth-order valence-electron chi connectivity index (χ4n) is 5.14. The molecule has 0 radical (unpaired) electrons. The maximum atomic E-state index is 12.6. The summed E-state index contributed by atoms with van der Waals surface area (Å²) < 4.78 is 0. The summed E-state index contributed by atoms with van der Waals surface area (Å²) in [6.45, 7) is 7.30. The van der Waals surface area contributed by atoms with E-state index >= 15 is 0 Å². The average molecular weight is 294 g/mol. The Morgan fingerprint density at radius 1 is 1.24 bits per heavy atom. The molecule has 5 nitrogen and oxygen atoms in total. The molecule has 1 heterocycles. The highest BCUT2D eigenvalue weighted by molar-refractivity contribution is 5.83. The number of carbonyl (C=O) groups is 2. The minimum atomic E-state index is -0.888. The third-order valence-corrected chi connectivity index (χ3v) is 6.34. The topological polar surface area (TPSA) is 69.6 Å². The summed E-state index contributed by atoms with van der Waals surface area (Å²) in [5.41, 5.74) is 0.267. The molecule has 0 aromatic heterocycles. The molecule has 1 aliphatic heterocycles. The lowest BCUT2D eigenvalue weighted by Crippen LogP contribution is -2.57. The summed E-state index contributed by atoms with van der Waals surface area (Å²) in [5.74, 6) is -0.220. The van der Waals surface area contributed by atoms with Crippen molar-refractivity contribution < 1.29 is 14.7 Å². The Kier molecular flexibility index (Phi) is 3.22. The lowest BCUT2D eigenvalue weighted by Gasteiger charge is -2.43. The molecule has 2 aliphatic carbocycles. The van der Waals surface area contributed by atoms with Crippen LogP contribution in [0.25, 0.3) is 0 Å². The lowest BCUT2D eigenvalue weighted by atomic mass is 9.68. The summed E-state index contributed by atoms with van der Waals surface area (Å²) in [7, 11) is 0. The quantitative estimate of drug-likeness (QED) is 0.822. The Hall–Kier alpha value is -1.26. The van der Waals surface area contributed by atoms with Crippen LogP contribution in [0.4, 0.5) is 4.79 Å². The van der Waals surface area contributed by atoms with Crippen LogP contribution in [0.2, 0.25) is 0 Å². The standard InChI is InChI=1S/C16H26N2O3/c1-15(2)10-6-7-16(3,9-10)13(15)17-14(21)18-8-4-5-11(18)12(19)20/h10-11,13H,4-9H2,1-3H3,(H,17,21)(H,19,20)/t10?,11-,13?,16?/m1/s1. The third kappa shape index (κ3) is 2.12. The maximum Gasteiger partial charge on any atom is 0.326 e. The normalized spacial score (nSPS) is 40.5. The number of rotatable bonds is 2. The molecule has 0 spiro atoms. The number of fused-ring (bicyclic) bond motifs is 2. The van der Waals surface area contributed by atoms with Gasteiger partial charge in [0.2, 0.25) is 0 Å². The van der Waals surface area contributed by atoms with E-state index < -0.39 is 12.0 Å². The van der Waals surface area contributed by atoms with E-state index in [1.54, 1.807) is 0 Å². The van der Waals surface area contributed by atoms with Gasteiger partial charge in [-0.05, 0) is 48.9 Å². The molecule has 4 atom stereocenters. The third-order valence-electron chi connectivity index (χ3n) is 6.34. The van der Waals surface area contributed by atoms with E-state index in [9.17, 15) is 14.7 Å². The molecule has 21 heavy (non-hydrogen) atoms. The molecule has 0 aromatic carbocycles. The van der Waals surface area contributed by atoms with Crippen LogP contribution in [0.3, 0.4) is 0 Å². The van der Waals surface area contributed by atoms with E-state index in [0.29, 0.717) is 18.9 Å². The number of carbonyl (C=O) groups excluding carboxylic acids is 1. The molecule has 0 aromatic rings. The van der Waals surface area contributed by atoms with Crippen LogP contribution in [-0.4, -0.2) is 40.6 Å². The lowest BCUT2D eigenvalue weighted by molar-refractivity contribution is -0.141. The van der Waals surface area contributed by atoms with Crippen molar-refractivity contribution in [1.82, 2.24) is 10.2 Å². The van der Waals surface area contributed by atoms with E-state index in [4.69, 9.17) is 0 Å². The van der Waals surface area contributed by atoms with E-state index in [1.165, 1.54) is 17.7 Å². The number of hydrogen-bond donors (Lipinski definition) is 2. The molecule has 2 bridgehead atoms. The van der Waals surface area contributed by atoms with Crippen molar-refractivity contribution in [2.75, 3.05) is 6.54 Å². The van der Waals surface area contributed by atoms with E-state index in [2.05, 4.69) is 26.1 Å². The number of nitrogens with zero attached hydrogens (tertiary/aromatic N) is 1. The molecule has 5 heteroatoms. The molecular formula is C16H26N2O3. The Bertz CT molecular complexity index is 471. The van der Waals surface area contributed by atoms with Gasteiger partial charge in [-0.15, -0.1) is 0 Å². The molecule has 2 N–H and O–H groups in total. The van der Waals surface area contributed by atoms with Crippen LogP contribution in [-0.2, 0) is 4.79 Å². The Balaban J connectivity index is 1.74. The first kappa shape index (κ1) is 14.7. The van der Waals surface area contributed by atoms with Crippen LogP contribution in [0.1, 0.15) is 52.9 Å². The van der Waals surface area contributed by atoms with Crippen LogP contribution in [0.5, 0.6) is 0 Å². The molecule has 2 amide bonds. The van der Waals surface area contributed by atoms with Gasteiger partial charge >= 0.3 is 12.0 Å². The number of nitrogens with one attached hydrogen (secondary N) is 1. The zero-order chi connectivity index (χ0) is 15.4. The van der Waals surface area contributed by atoms with Crippen LogP contribution < -0.4 is 5.32 Å². The molecule has 3 fully saturated rings. The molecule has 3 rings (SSSR count). The second-order valence-electron chi connectivity index (χ2n) is 7.99. The largest absolute Gasteiger partial charge is 0.480 e. The molecule has 3 aliphatic rings. The molecule has 1 saturated heterocycles. The Morgan fingerprint density at radius 3 is 2.52 bits per heavy atom. The van der Waals surface area contributed by atoms with Gasteiger partial charge in [-0.2, -0.15) is 0 Å². The number of carboxylic acid groups (broad SMARTS) is 1. The number of hydrogen-bond acceptors (Lipinski definition) is 2. The number of aliphatic carboxylic acids is 1. The minimum absolute atomic E-state index is 0.0983. The van der Waals surface area contributed by atoms with Gasteiger partial charge in [0.05, 0.1) is 0 Å². The zero-order valence-electron chi connectivity index (χ0n) is 13.2. The first-order valence-corrected chi connectivity index (χ1v) is 8.06. The fraction of sp³-hybridized carbons (Fsp3) is 0.875. The fourth-order valence-corrected chi connectivity index (χ4v) is 5.14. The van der Waals surface area contributed by atoms with Crippen molar-refractivity contribution in [2.45, 2.75) is 65.0 Å². The van der Waals surface area contributed by atoms with Crippen LogP contribution >= 0.6 is 0 Å². The maximum absolute atomic E-state index is 12.6. The molecule has 118 valence electrons. The van der Waals surface area contributed by atoms with Gasteiger partial charge < -0.3 is 15.3 Å². The van der Waals surface area contributed by atoms with Crippen molar-refractivity contribution in [1.29, 1.82) is 0 Å². The van der Waals surface area contributed by atoms with Gasteiger partial charge in [-0.25, -0.2) is 9.59 Å². The highest BCUT2D eigenvalue weighted by Crippen LogP contribution is 2.62. The summed E-state index contributed by atoms with van der Waals surface area (Å²) in [6.07, 6.45) is 4.92. The molecular weight excluding hydrogens is 268 g/mol. The van der Waals surface area contributed by atoms with E-state index in [1.807, 2.05) is 0 Å². The summed E-state index contributed by atoms with van der Waals surface area (Å²) in [6, 6.07) is -0.697. The number of carboxylic acids is 1. The number of amides is 2. The zero-order valence-corrected chi connectivity index (χ0v) is 13.2. The summed E-state index contributed by atoms with van der Waals surface area (Å²) >= 11 is 0. The van der Waals surface area contributed by atoms with Gasteiger partial charge in [0.25, 0.3) is 0 Å². The van der Waals surface area contributed by atoms with Crippen molar-refractivity contribution in [3.63, 3.8) is 0 Å². The highest BCUT2D eigenvalue weighted by Gasteiger charge is 2.60. The summed E-state index contributed by atoms with van der Waals surface area (Å²) in [4.78, 5) is 25.3. The van der Waals surface area contributed by atoms with Gasteiger partial charge in [0.15, 0.2) is 0 Å². The summed E-state index contributed by atoms with van der Waals surface area (Å²) in [5, 5.41) is 12.4. The van der Waals surface area contributed by atoms with Gasteiger partial charge in [0.1, 0.15) is 6.04 Å². The Labute approximate surface area is 126 Å². The number of urea groups is 1. The van der Waals surface area contributed by atoms with Gasteiger partial charge in [0, 0.05) is 12.6 Å². The average Bonchev–Trinajstić information content (AvgIpc) is 3.04. The Morgan fingerprint density at radius 2 is 1.95 bits per heavy atom. The minimum Gasteiger partial charge on any atom is -0.480 e. The predicted octanol–water partition coefficient (Wildman–Crippen LogP) is 2.46. The highest BCUT2D eigenvalue weighted by atomic mass is 16.4. The van der Waals surface area contributed by atoms with E-state index in [0.717, 1.165) is 12.8 Å². The monoisotopic (exact) mass is 294 g/mol. The second-order valence-corrected chi connectivity index (χ2v) is 7.99. The van der Waals surface area contributed by atoms with Crippen molar-refractivity contribution in [3.8, 4) is 0 Å². The molecule has 2 saturated carbocycles. The van der Waals surface area contributed by atoms with Gasteiger partial charge in [-0.1, -0.05) is 20.8 Å². The first-order chi connectivity index (χ1) is 9.75. The van der Waals surface area contributed by atoms with Crippen molar-refractivity contribution >= 4 is 12.0 Å². The SMILES string of the molecule is CC12CCC(C1)C(C)(C)C2NC(=O)N1CCC[C@@H]1C(=O)O. The second kappa shape index (κ2) is 4.62. The van der Waals surface area contributed by atoms with Crippen LogP contribution in [0, 0.1) is 16.7 Å². The molecule has 3 unspecified atom stereocenters. The van der Waals surface area contributed by atoms with Crippen molar-refractivity contribution in [2.24, 2.45) is 16.7 Å². The number of likely N-dealkylation sites (tertiary alicyclic amines) is 1. The van der Waals surface area contributed by atoms with Crippen molar-refractivity contribution in [3.05, 3.63) is 0 Å². The first-order valence-electron chi connectivity index (χ1n) is 8.06. The van der Waals surface area contributed by atoms with Gasteiger partial charge in [-0.3, -0.25) is 0 Å².